The van der Waals surface area contributed by atoms with E-state index in [1.165, 1.54) is 16.7 Å². The SMILES string of the molecule is c1ccc(-c2nc3[nH]ncc3c3c2CNCC3)cc1. The number of hydrogen-bond acceptors (Lipinski definition) is 3. The highest BCUT2D eigenvalue weighted by molar-refractivity contribution is 5.84. The first kappa shape index (κ1) is 10.7. The molecule has 0 saturated carbocycles. The molecule has 0 unspecified atom stereocenters. The van der Waals surface area contributed by atoms with Gasteiger partial charge in [-0.05, 0) is 24.1 Å². The first-order valence-corrected chi connectivity index (χ1v) is 6.54. The van der Waals surface area contributed by atoms with E-state index in [1.54, 1.807) is 0 Å². The molecule has 0 saturated heterocycles. The number of benzene rings is 1. The van der Waals surface area contributed by atoms with Gasteiger partial charge in [-0.1, -0.05) is 30.3 Å². The van der Waals surface area contributed by atoms with Gasteiger partial charge < -0.3 is 5.32 Å². The molecule has 0 spiro atoms. The summed E-state index contributed by atoms with van der Waals surface area (Å²) in [5, 5.41) is 11.7. The lowest BCUT2D eigenvalue weighted by Crippen LogP contribution is -2.24. The fraction of sp³-hybridized carbons (Fsp3) is 0.200. The summed E-state index contributed by atoms with van der Waals surface area (Å²) in [6, 6.07) is 10.4. The first-order valence-electron chi connectivity index (χ1n) is 6.54. The number of hydrogen-bond donors (Lipinski definition) is 2. The summed E-state index contributed by atoms with van der Waals surface area (Å²) in [5.41, 5.74) is 5.82. The average Bonchev–Trinajstić information content (AvgIpc) is 2.96. The molecule has 2 aromatic heterocycles. The predicted octanol–water partition coefficient (Wildman–Crippen LogP) is 2.27. The minimum Gasteiger partial charge on any atom is -0.312 e. The van der Waals surface area contributed by atoms with Crippen molar-refractivity contribution in [2.24, 2.45) is 0 Å². The van der Waals surface area contributed by atoms with Crippen LogP contribution in [0.25, 0.3) is 22.3 Å². The van der Waals surface area contributed by atoms with Gasteiger partial charge in [-0.15, -0.1) is 0 Å². The van der Waals surface area contributed by atoms with Crippen molar-refractivity contribution in [1.82, 2.24) is 20.5 Å². The Bertz CT molecular complexity index is 730. The molecule has 0 atom stereocenters. The van der Waals surface area contributed by atoms with E-state index >= 15 is 0 Å². The predicted molar refractivity (Wildman–Crippen MR) is 74.7 cm³/mol. The lowest BCUT2D eigenvalue weighted by atomic mass is 9.94. The minimum atomic E-state index is 0.883. The van der Waals surface area contributed by atoms with Gasteiger partial charge in [0.1, 0.15) is 0 Å². The number of pyridine rings is 1. The van der Waals surface area contributed by atoms with Crippen molar-refractivity contribution >= 4 is 11.0 Å². The number of fused-ring (bicyclic) bond motifs is 3. The van der Waals surface area contributed by atoms with E-state index in [0.717, 1.165) is 36.2 Å². The zero-order valence-corrected chi connectivity index (χ0v) is 10.5. The monoisotopic (exact) mass is 250 g/mol. The number of aromatic amines is 1. The smallest absolute Gasteiger partial charge is 0.156 e. The van der Waals surface area contributed by atoms with Gasteiger partial charge in [-0.2, -0.15) is 5.10 Å². The average molecular weight is 250 g/mol. The van der Waals surface area contributed by atoms with Crippen LogP contribution in [0, 0.1) is 0 Å². The molecule has 1 aromatic carbocycles. The van der Waals surface area contributed by atoms with E-state index in [9.17, 15) is 0 Å². The molecule has 0 fully saturated rings. The van der Waals surface area contributed by atoms with Crippen molar-refractivity contribution in [2.45, 2.75) is 13.0 Å². The highest BCUT2D eigenvalue weighted by Gasteiger charge is 2.19. The van der Waals surface area contributed by atoms with Gasteiger partial charge in [-0.25, -0.2) is 4.98 Å². The molecule has 1 aliphatic rings. The lowest BCUT2D eigenvalue weighted by molar-refractivity contribution is 0.646. The van der Waals surface area contributed by atoms with Gasteiger partial charge in [0.25, 0.3) is 0 Å². The van der Waals surface area contributed by atoms with Crippen LogP contribution in [-0.2, 0) is 13.0 Å². The molecule has 3 heterocycles. The fourth-order valence-electron chi connectivity index (χ4n) is 2.81. The van der Waals surface area contributed by atoms with E-state index in [4.69, 9.17) is 4.98 Å². The summed E-state index contributed by atoms with van der Waals surface area (Å²) in [5.74, 6) is 0. The number of rotatable bonds is 1. The molecule has 0 radical (unpaired) electrons. The quantitative estimate of drug-likeness (QED) is 0.696. The summed E-state index contributed by atoms with van der Waals surface area (Å²) < 4.78 is 0. The molecular weight excluding hydrogens is 236 g/mol. The molecule has 0 amide bonds. The molecule has 4 nitrogen and oxygen atoms in total. The summed E-state index contributed by atoms with van der Waals surface area (Å²) in [6.07, 6.45) is 2.93. The Morgan fingerprint density at radius 3 is 2.84 bits per heavy atom. The maximum absolute atomic E-state index is 4.76. The van der Waals surface area contributed by atoms with Gasteiger partial charge in [0.15, 0.2) is 5.65 Å². The van der Waals surface area contributed by atoms with Crippen LogP contribution in [0.5, 0.6) is 0 Å². The Hall–Kier alpha value is -2.20. The highest BCUT2D eigenvalue weighted by atomic mass is 15.1. The third-order valence-corrected chi connectivity index (χ3v) is 3.72. The molecule has 4 rings (SSSR count). The molecule has 0 aliphatic carbocycles. The molecule has 4 heteroatoms. The van der Waals surface area contributed by atoms with Gasteiger partial charge in [0, 0.05) is 17.5 Å². The first-order chi connectivity index (χ1) is 9.43. The van der Waals surface area contributed by atoms with E-state index < -0.39 is 0 Å². The standard InChI is InChI=1S/C15H14N4/c1-2-4-10(5-3-1)14-12-8-16-7-6-11(12)13-9-17-19-15(13)18-14/h1-5,9,16H,6-8H2,(H,17,18,19). The van der Waals surface area contributed by atoms with Crippen LogP contribution in [0.1, 0.15) is 11.1 Å². The fourth-order valence-corrected chi connectivity index (χ4v) is 2.81. The van der Waals surface area contributed by atoms with Crippen molar-refractivity contribution in [2.75, 3.05) is 6.54 Å². The van der Waals surface area contributed by atoms with Crippen LogP contribution in [0.4, 0.5) is 0 Å². The molecular formula is C15H14N4. The van der Waals surface area contributed by atoms with E-state index in [0.29, 0.717) is 0 Å². The number of nitrogens with zero attached hydrogens (tertiary/aromatic N) is 2. The van der Waals surface area contributed by atoms with Crippen molar-refractivity contribution in [3.63, 3.8) is 0 Å². The normalized spacial score (nSPS) is 14.5. The number of H-pyrrole nitrogens is 1. The minimum absolute atomic E-state index is 0.883. The topological polar surface area (TPSA) is 53.6 Å². The zero-order chi connectivity index (χ0) is 12.7. The Morgan fingerprint density at radius 2 is 1.95 bits per heavy atom. The zero-order valence-electron chi connectivity index (χ0n) is 10.5. The summed E-state index contributed by atoms with van der Waals surface area (Å²) in [6.45, 7) is 1.90. The van der Waals surface area contributed by atoms with E-state index in [1.807, 2.05) is 12.3 Å². The largest absolute Gasteiger partial charge is 0.312 e. The second-order valence-electron chi connectivity index (χ2n) is 4.84. The Labute approximate surface area is 110 Å². The van der Waals surface area contributed by atoms with Gasteiger partial charge in [-0.3, -0.25) is 5.10 Å². The number of aromatic nitrogens is 3. The Balaban J connectivity index is 2.05. The Kier molecular flexibility index (Phi) is 2.35. The van der Waals surface area contributed by atoms with Crippen molar-refractivity contribution < 1.29 is 0 Å². The van der Waals surface area contributed by atoms with Crippen molar-refractivity contribution in [1.29, 1.82) is 0 Å². The summed E-state index contributed by atoms with van der Waals surface area (Å²) in [7, 11) is 0. The van der Waals surface area contributed by atoms with E-state index in [-0.39, 0.29) is 0 Å². The summed E-state index contributed by atoms with van der Waals surface area (Å²) >= 11 is 0. The molecule has 94 valence electrons. The van der Waals surface area contributed by atoms with Crippen LogP contribution >= 0.6 is 0 Å². The van der Waals surface area contributed by atoms with Crippen molar-refractivity contribution in [3.05, 3.63) is 47.7 Å². The van der Waals surface area contributed by atoms with Crippen LogP contribution in [0.3, 0.4) is 0 Å². The molecule has 2 N–H and O–H groups in total. The van der Waals surface area contributed by atoms with Crippen LogP contribution in [-0.4, -0.2) is 21.7 Å². The Morgan fingerprint density at radius 1 is 1.05 bits per heavy atom. The van der Waals surface area contributed by atoms with Crippen molar-refractivity contribution in [3.8, 4) is 11.3 Å². The molecule has 19 heavy (non-hydrogen) atoms. The summed E-state index contributed by atoms with van der Waals surface area (Å²) in [4.78, 5) is 4.76. The maximum atomic E-state index is 4.76. The maximum Gasteiger partial charge on any atom is 0.156 e. The van der Waals surface area contributed by atoms with Gasteiger partial charge in [0.2, 0.25) is 0 Å². The second-order valence-corrected chi connectivity index (χ2v) is 4.84. The van der Waals surface area contributed by atoms with Crippen LogP contribution < -0.4 is 5.32 Å². The van der Waals surface area contributed by atoms with Crippen LogP contribution in [0.15, 0.2) is 36.5 Å². The second kappa shape index (κ2) is 4.17. The van der Waals surface area contributed by atoms with Crippen LogP contribution in [0.2, 0.25) is 0 Å². The van der Waals surface area contributed by atoms with Gasteiger partial charge in [0.05, 0.1) is 11.9 Å². The third-order valence-electron chi connectivity index (χ3n) is 3.72. The number of nitrogens with one attached hydrogen (secondary N) is 2. The van der Waals surface area contributed by atoms with Gasteiger partial charge >= 0.3 is 0 Å². The highest BCUT2D eigenvalue weighted by Crippen LogP contribution is 2.30. The molecule has 0 bridgehead atoms. The molecule has 3 aromatic rings. The molecule has 1 aliphatic heterocycles. The third kappa shape index (κ3) is 1.64. The van der Waals surface area contributed by atoms with E-state index in [2.05, 4.69) is 39.8 Å². The lowest BCUT2D eigenvalue weighted by Gasteiger charge is -2.20.